The zero-order chi connectivity index (χ0) is 23.1. The van der Waals surface area contributed by atoms with E-state index in [-0.39, 0.29) is 23.7 Å². The fourth-order valence-electron chi connectivity index (χ4n) is 3.78. The largest absolute Gasteiger partial charge is 0.453 e. The summed E-state index contributed by atoms with van der Waals surface area (Å²) in [7, 11) is 0. The van der Waals surface area contributed by atoms with E-state index in [4.69, 9.17) is 4.74 Å². The lowest BCUT2D eigenvalue weighted by Gasteiger charge is -2.09. The van der Waals surface area contributed by atoms with Crippen LogP contribution in [0.2, 0.25) is 0 Å². The van der Waals surface area contributed by atoms with Gasteiger partial charge < -0.3 is 4.74 Å². The summed E-state index contributed by atoms with van der Waals surface area (Å²) in [6.07, 6.45) is 0.816. The predicted octanol–water partition coefficient (Wildman–Crippen LogP) is 3.98. The first-order valence-corrected chi connectivity index (χ1v) is 10.2. The summed E-state index contributed by atoms with van der Waals surface area (Å²) in [4.78, 5) is 40.4. The van der Waals surface area contributed by atoms with Gasteiger partial charge in [0, 0.05) is 28.5 Å². The van der Waals surface area contributed by atoms with Crippen molar-refractivity contribution < 1.29 is 23.5 Å². The number of carbonyl (C=O) groups excluding carboxylic acids is 3. The molecule has 0 bridgehead atoms. The van der Waals surface area contributed by atoms with Crippen LogP contribution in [-0.2, 0) is 9.53 Å². The van der Waals surface area contributed by atoms with Crippen molar-refractivity contribution in [2.24, 2.45) is 0 Å². The van der Waals surface area contributed by atoms with Crippen LogP contribution in [0.4, 0.5) is 10.3 Å². The van der Waals surface area contributed by atoms with Gasteiger partial charge in [-0.2, -0.15) is 4.98 Å². The van der Waals surface area contributed by atoms with Gasteiger partial charge in [-0.05, 0) is 43.3 Å². The van der Waals surface area contributed by atoms with Crippen molar-refractivity contribution in [2.45, 2.75) is 19.4 Å². The van der Waals surface area contributed by atoms with Crippen LogP contribution >= 0.6 is 0 Å². The van der Waals surface area contributed by atoms with E-state index in [2.05, 4.69) is 15.4 Å². The summed E-state index contributed by atoms with van der Waals surface area (Å²) in [5.74, 6) is -1.45. The van der Waals surface area contributed by atoms with Crippen LogP contribution in [0.25, 0.3) is 16.8 Å². The molecule has 0 spiro atoms. The molecule has 164 valence electrons. The maximum Gasteiger partial charge on any atom is 0.339 e. The Morgan fingerprint density at radius 2 is 1.94 bits per heavy atom. The first kappa shape index (κ1) is 20.5. The summed E-state index contributed by atoms with van der Waals surface area (Å²) in [5, 5.41) is 6.84. The van der Waals surface area contributed by atoms with Gasteiger partial charge in [0.05, 0.1) is 12.0 Å². The number of ether oxygens (including phenoxy) is 1. The minimum atomic E-state index is -0.672. The van der Waals surface area contributed by atoms with E-state index in [1.807, 2.05) is 0 Å². The Morgan fingerprint density at radius 1 is 1.12 bits per heavy atom. The average molecular weight is 444 g/mol. The van der Waals surface area contributed by atoms with Gasteiger partial charge in [0.1, 0.15) is 11.9 Å². The number of cyclic esters (lactones) is 1. The van der Waals surface area contributed by atoms with Crippen LogP contribution < -0.4 is 5.32 Å². The van der Waals surface area contributed by atoms with Crippen molar-refractivity contribution in [3.63, 3.8) is 0 Å². The van der Waals surface area contributed by atoms with Gasteiger partial charge in [0.25, 0.3) is 0 Å². The fraction of sp³-hybridized carbons (Fsp3) is 0.125. The summed E-state index contributed by atoms with van der Waals surface area (Å²) >= 11 is 0. The summed E-state index contributed by atoms with van der Waals surface area (Å²) in [6, 6.07) is 14.4. The van der Waals surface area contributed by atoms with Gasteiger partial charge in [-0.1, -0.05) is 18.2 Å². The fourth-order valence-corrected chi connectivity index (χ4v) is 3.78. The molecule has 0 unspecified atom stereocenters. The third-order valence-corrected chi connectivity index (χ3v) is 5.41. The van der Waals surface area contributed by atoms with Crippen LogP contribution in [0.5, 0.6) is 0 Å². The molecule has 33 heavy (non-hydrogen) atoms. The Labute approximate surface area is 187 Å². The summed E-state index contributed by atoms with van der Waals surface area (Å²) in [5.41, 5.74) is 2.71. The van der Waals surface area contributed by atoms with Crippen LogP contribution in [0.15, 0.2) is 60.8 Å². The number of benzene rings is 2. The molecule has 0 radical (unpaired) electrons. The summed E-state index contributed by atoms with van der Waals surface area (Å²) < 4.78 is 21.1. The number of hydrogen-bond acceptors (Lipinski definition) is 6. The number of hydrogen-bond donors (Lipinski definition) is 1. The van der Waals surface area contributed by atoms with Gasteiger partial charge in [0.2, 0.25) is 11.9 Å². The minimum Gasteiger partial charge on any atom is -0.453 e. The third kappa shape index (κ3) is 3.84. The number of aromatic nitrogens is 3. The monoisotopic (exact) mass is 444 g/mol. The van der Waals surface area contributed by atoms with E-state index in [0.717, 1.165) is 0 Å². The molecule has 1 atom stereocenters. The quantitative estimate of drug-likeness (QED) is 0.369. The van der Waals surface area contributed by atoms with E-state index in [9.17, 15) is 18.8 Å². The van der Waals surface area contributed by atoms with Gasteiger partial charge in [-0.25, -0.2) is 13.7 Å². The Hall–Kier alpha value is -4.40. The lowest BCUT2D eigenvalue weighted by Crippen LogP contribution is -2.16. The van der Waals surface area contributed by atoms with Crippen molar-refractivity contribution in [3.8, 4) is 11.1 Å². The second kappa shape index (κ2) is 7.94. The number of esters is 1. The second-order valence-electron chi connectivity index (χ2n) is 7.64. The molecular weight excluding hydrogens is 427 g/mol. The number of ketones is 1. The van der Waals surface area contributed by atoms with E-state index in [1.54, 1.807) is 42.6 Å². The highest BCUT2D eigenvalue weighted by atomic mass is 19.1. The first-order chi connectivity index (χ1) is 15.9. The third-order valence-electron chi connectivity index (χ3n) is 5.41. The molecular formula is C24H17FN4O4. The molecule has 9 heteroatoms. The zero-order valence-corrected chi connectivity index (χ0v) is 17.4. The zero-order valence-electron chi connectivity index (χ0n) is 17.4. The van der Waals surface area contributed by atoms with E-state index in [1.165, 1.54) is 29.6 Å². The standard InChI is InChI=1S/C24H17FN4O4/c1-13(30)14-6-8-19(25)18(10-14)15-7-9-21-26-24(28-29(21)12-15)27-22(31)11-20-16-4-2-3-5-17(16)23(32)33-20/h2-10,12,20H,11H2,1H3,(H,27,28,31)/t20-/m1/s1. The van der Waals surface area contributed by atoms with Crippen molar-refractivity contribution in [1.82, 2.24) is 14.6 Å². The maximum atomic E-state index is 14.4. The molecule has 3 heterocycles. The number of nitrogens with one attached hydrogen (secondary N) is 1. The number of amides is 1. The molecule has 1 N–H and O–H groups in total. The van der Waals surface area contributed by atoms with Crippen molar-refractivity contribution in [1.29, 1.82) is 0 Å². The van der Waals surface area contributed by atoms with Gasteiger partial charge in [-0.15, -0.1) is 5.10 Å². The molecule has 0 aliphatic carbocycles. The highest BCUT2D eigenvalue weighted by Crippen LogP contribution is 2.33. The molecule has 1 aliphatic rings. The van der Waals surface area contributed by atoms with Crippen LogP contribution in [0.1, 0.15) is 45.7 Å². The number of pyridine rings is 1. The molecule has 1 amide bonds. The topological polar surface area (TPSA) is 103 Å². The number of nitrogens with zero attached hydrogens (tertiary/aromatic N) is 3. The highest BCUT2D eigenvalue weighted by molar-refractivity contribution is 5.96. The lowest BCUT2D eigenvalue weighted by molar-refractivity contribution is -0.118. The molecule has 0 fully saturated rings. The Bertz CT molecular complexity index is 1450. The number of halogens is 1. The van der Waals surface area contributed by atoms with E-state index >= 15 is 0 Å². The molecule has 2 aromatic heterocycles. The molecule has 0 saturated carbocycles. The van der Waals surface area contributed by atoms with Crippen LogP contribution in [0.3, 0.4) is 0 Å². The van der Waals surface area contributed by atoms with Gasteiger partial charge >= 0.3 is 5.97 Å². The Balaban J connectivity index is 1.36. The number of Topliss-reactive ketones (excluding diaryl/α,β-unsaturated/α-hetero) is 1. The number of anilines is 1. The van der Waals surface area contributed by atoms with Gasteiger partial charge in [-0.3, -0.25) is 14.9 Å². The molecule has 0 saturated heterocycles. The van der Waals surface area contributed by atoms with Crippen LogP contribution in [0, 0.1) is 5.82 Å². The van der Waals surface area contributed by atoms with Gasteiger partial charge in [0.15, 0.2) is 11.4 Å². The number of rotatable bonds is 5. The second-order valence-corrected chi connectivity index (χ2v) is 7.64. The highest BCUT2D eigenvalue weighted by Gasteiger charge is 2.32. The lowest BCUT2D eigenvalue weighted by atomic mass is 10.0. The predicted molar refractivity (Wildman–Crippen MR) is 116 cm³/mol. The Morgan fingerprint density at radius 3 is 2.76 bits per heavy atom. The SMILES string of the molecule is CC(=O)c1ccc(F)c(-c2ccc3nc(NC(=O)C[C@H]4OC(=O)c5ccccc54)nn3c2)c1. The van der Waals surface area contributed by atoms with Crippen molar-refractivity contribution in [3.05, 3.63) is 83.3 Å². The normalized spacial score (nSPS) is 14.7. The smallest absolute Gasteiger partial charge is 0.339 e. The number of fused-ring (bicyclic) bond motifs is 2. The molecule has 5 rings (SSSR count). The van der Waals surface area contributed by atoms with E-state index in [0.29, 0.717) is 27.9 Å². The average Bonchev–Trinajstić information content (AvgIpc) is 3.33. The van der Waals surface area contributed by atoms with Crippen molar-refractivity contribution in [2.75, 3.05) is 5.32 Å². The first-order valence-electron chi connectivity index (χ1n) is 10.2. The van der Waals surface area contributed by atoms with Crippen LogP contribution in [-0.4, -0.2) is 32.3 Å². The maximum absolute atomic E-state index is 14.4. The van der Waals surface area contributed by atoms with E-state index < -0.39 is 23.8 Å². The van der Waals surface area contributed by atoms with Crippen molar-refractivity contribution >= 4 is 29.3 Å². The number of carbonyl (C=O) groups is 3. The minimum absolute atomic E-state index is 0.0627. The Kier molecular flexibility index (Phi) is 4.93. The molecule has 8 nitrogen and oxygen atoms in total. The molecule has 2 aromatic carbocycles. The molecule has 1 aliphatic heterocycles. The molecule has 4 aromatic rings. The summed E-state index contributed by atoms with van der Waals surface area (Å²) in [6.45, 7) is 1.41.